The molecule has 0 radical (unpaired) electrons. The molecule has 0 unspecified atom stereocenters. The zero-order valence-electron chi connectivity index (χ0n) is 10.0. The van der Waals surface area contributed by atoms with E-state index in [0.717, 1.165) is 27.2 Å². The molecule has 0 saturated heterocycles. The van der Waals surface area contributed by atoms with Crippen molar-refractivity contribution in [1.29, 1.82) is 0 Å². The Labute approximate surface area is 107 Å². The Morgan fingerprint density at radius 2 is 1.53 bits per heavy atom. The molecule has 1 nitrogen and oxygen atoms in total. The summed E-state index contributed by atoms with van der Waals surface area (Å²) >= 11 is 5.48. The number of hydrogen-bond donors (Lipinski definition) is 1. The molecular formula is C15H15NS. The zero-order chi connectivity index (χ0) is 12.4. The Morgan fingerprint density at radius 3 is 2.12 bits per heavy atom. The Kier molecular flexibility index (Phi) is 3.25. The number of hydrogen-bond acceptors (Lipinski definition) is 2. The van der Waals surface area contributed by atoms with Crippen LogP contribution < -0.4 is 5.73 Å². The van der Waals surface area contributed by atoms with Crippen molar-refractivity contribution in [1.82, 2.24) is 0 Å². The van der Waals surface area contributed by atoms with Crippen LogP contribution in [-0.4, -0.2) is 4.86 Å². The van der Waals surface area contributed by atoms with Crippen molar-refractivity contribution in [3.8, 4) is 0 Å². The summed E-state index contributed by atoms with van der Waals surface area (Å²) in [7, 11) is 0. The van der Waals surface area contributed by atoms with E-state index < -0.39 is 0 Å². The summed E-state index contributed by atoms with van der Waals surface area (Å²) in [6, 6.07) is 14.2. The van der Waals surface area contributed by atoms with Crippen molar-refractivity contribution < 1.29 is 0 Å². The molecule has 2 heteroatoms. The summed E-state index contributed by atoms with van der Waals surface area (Å²) in [6.45, 7) is 4.06. The molecule has 0 heterocycles. The lowest BCUT2D eigenvalue weighted by atomic mass is 10.0. The summed E-state index contributed by atoms with van der Waals surface area (Å²) in [6.07, 6.45) is 0. The van der Waals surface area contributed by atoms with Gasteiger partial charge in [-0.2, -0.15) is 0 Å². The number of benzene rings is 2. The third-order valence-corrected chi connectivity index (χ3v) is 3.33. The van der Waals surface area contributed by atoms with Gasteiger partial charge >= 0.3 is 0 Å². The molecule has 0 bridgehead atoms. The minimum Gasteiger partial charge on any atom is -0.398 e. The van der Waals surface area contributed by atoms with Gasteiger partial charge in [0.25, 0.3) is 0 Å². The summed E-state index contributed by atoms with van der Waals surface area (Å²) < 4.78 is 0. The van der Waals surface area contributed by atoms with E-state index in [1.54, 1.807) is 0 Å². The van der Waals surface area contributed by atoms with Crippen molar-refractivity contribution >= 4 is 22.8 Å². The van der Waals surface area contributed by atoms with Crippen molar-refractivity contribution in [2.24, 2.45) is 0 Å². The summed E-state index contributed by atoms with van der Waals surface area (Å²) in [5.74, 6) is 0. The molecule has 0 aliphatic rings. The third kappa shape index (κ3) is 2.53. The Hall–Kier alpha value is -1.67. The molecule has 0 aliphatic carbocycles. The highest BCUT2D eigenvalue weighted by Gasteiger charge is 2.05. The van der Waals surface area contributed by atoms with Gasteiger partial charge in [-0.3, -0.25) is 0 Å². The van der Waals surface area contributed by atoms with Crippen molar-refractivity contribution in [3.05, 3.63) is 64.7 Å². The average molecular weight is 241 g/mol. The lowest BCUT2D eigenvalue weighted by molar-refractivity contribution is 1.45. The molecule has 0 aromatic heterocycles. The van der Waals surface area contributed by atoms with E-state index in [4.69, 9.17) is 18.0 Å². The van der Waals surface area contributed by atoms with E-state index in [2.05, 4.69) is 19.1 Å². The van der Waals surface area contributed by atoms with Gasteiger partial charge in [-0.1, -0.05) is 54.2 Å². The van der Waals surface area contributed by atoms with Crippen LogP contribution in [0.25, 0.3) is 0 Å². The average Bonchev–Trinajstić information content (AvgIpc) is 2.33. The minimum atomic E-state index is 0.789. The molecule has 86 valence electrons. The maximum Gasteiger partial charge on any atom is 0.0522 e. The first-order valence-corrected chi connectivity index (χ1v) is 5.96. The maximum atomic E-state index is 5.90. The van der Waals surface area contributed by atoms with Crippen LogP contribution in [-0.2, 0) is 0 Å². The largest absolute Gasteiger partial charge is 0.398 e. The van der Waals surface area contributed by atoms with E-state index in [1.165, 1.54) is 5.56 Å². The first kappa shape index (κ1) is 11.8. The van der Waals surface area contributed by atoms with E-state index in [1.807, 2.05) is 37.3 Å². The highest BCUT2D eigenvalue weighted by atomic mass is 32.1. The molecular weight excluding hydrogens is 226 g/mol. The van der Waals surface area contributed by atoms with Crippen molar-refractivity contribution in [2.45, 2.75) is 13.8 Å². The molecule has 2 N–H and O–H groups in total. The molecule has 17 heavy (non-hydrogen) atoms. The number of nitrogen functional groups attached to an aromatic ring is 1. The van der Waals surface area contributed by atoms with Crippen LogP contribution >= 0.6 is 12.2 Å². The lowest BCUT2D eigenvalue weighted by Gasteiger charge is -2.07. The van der Waals surface area contributed by atoms with Gasteiger partial charge in [0.1, 0.15) is 0 Å². The molecule has 0 amide bonds. The monoisotopic (exact) mass is 241 g/mol. The highest BCUT2D eigenvalue weighted by Crippen LogP contribution is 2.17. The second-order valence-electron chi connectivity index (χ2n) is 4.27. The highest BCUT2D eigenvalue weighted by molar-refractivity contribution is 7.81. The topological polar surface area (TPSA) is 26.0 Å². The lowest BCUT2D eigenvalue weighted by Crippen LogP contribution is -2.01. The second kappa shape index (κ2) is 4.68. The molecule has 0 spiro atoms. The summed E-state index contributed by atoms with van der Waals surface area (Å²) in [5.41, 5.74) is 11.1. The third-order valence-electron chi connectivity index (χ3n) is 2.86. The van der Waals surface area contributed by atoms with Gasteiger partial charge in [0.15, 0.2) is 0 Å². The number of rotatable bonds is 2. The number of nitrogens with two attached hydrogens (primary N) is 1. The van der Waals surface area contributed by atoms with Gasteiger partial charge in [0, 0.05) is 5.69 Å². The van der Waals surface area contributed by atoms with Gasteiger partial charge in [0.2, 0.25) is 0 Å². The summed E-state index contributed by atoms with van der Waals surface area (Å²) in [5, 5.41) is 0. The zero-order valence-corrected chi connectivity index (χ0v) is 10.8. The molecule has 0 saturated carbocycles. The van der Waals surface area contributed by atoms with Crippen LogP contribution in [0.1, 0.15) is 22.3 Å². The SMILES string of the molecule is Cc1ccc(C(=S)c2ccc(C)c(N)c2)cc1. The second-order valence-corrected chi connectivity index (χ2v) is 4.67. The van der Waals surface area contributed by atoms with Crippen LogP contribution in [0, 0.1) is 13.8 Å². The van der Waals surface area contributed by atoms with E-state index >= 15 is 0 Å². The van der Waals surface area contributed by atoms with Crippen molar-refractivity contribution in [2.75, 3.05) is 5.73 Å². The van der Waals surface area contributed by atoms with Crippen LogP contribution in [0.15, 0.2) is 42.5 Å². The number of aryl methyl sites for hydroxylation is 2. The van der Waals surface area contributed by atoms with Gasteiger partial charge in [-0.05, 0) is 36.6 Å². The Morgan fingerprint density at radius 1 is 0.941 bits per heavy atom. The fraction of sp³-hybridized carbons (Fsp3) is 0.133. The number of thiocarbonyl (C=S) groups is 1. The molecule has 2 aromatic rings. The van der Waals surface area contributed by atoms with Crippen LogP contribution in [0.3, 0.4) is 0 Å². The molecule has 0 fully saturated rings. The fourth-order valence-electron chi connectivity index (χ4n) is 1.65. The molecule has 0 atom stereocenters. The first-order chi connectivity index (χ1) is 8.08. The minimum absolute atomic E-state index is 0.789. The smallest absolute Gasteiger partial charge is 0.0522 e. The normalized spacial score (nSPS) is 10.2. The Balaban J connectivity index is 2.37. The van der Waals surface area contributed by atoms with E-state index in [9.17, 15) is 0 Å². The number of anilines is 1. The van der Waals surface area contributed by atoms with Gasteiger partial charge in [-0.25, -0.2) is 0 Å². The fourth-order valence-corrected chi connectivity index (χ4v) is 1.92. The molecule has 2 rings (SSSR count). The van der Waals surface area contributed by atoms with Crippen LogP contribution in [0.5, 0.6) is 0 Å². The predicted molar refractivity (Wildman–Crippen MR) is 77.6 cm³/mol. The maximum absolute atomic E-state index is 5.90. The van der Waals surface area contributed by atoms with Gasteiger partial charge < -0.3 is 5.73 Å². The standard InChI is InChI=1S/C15H15NS/c1-10-3-6-12(7-4-10)15(17)13-8-5-11(2)14(16)9-13/h3-9H,16H2,1-2H3. The molecule has 2 aromatic carbocycles. The summed E-state index contributed by atoms with van der Waals surface area (Å²) in [4.78, 5) is 0.844. The van der Waals surface area contributed by atoms with Gasteiger partial charge in [0.05, 0.1) is 4.86 Å². The first-order valence-electron chi connectivity index (χ1n) is 5.55. The van der Waals surface area contributed by atoms with E-state index in [-0.39, 0.29) is 0 Å². The Bertz CT molecular complexity index is 556. The van der Waals surface area contributed by atoms with E-state index in [0.29, 0.717) is 0 Å². The van der Waals surface area contributed by atoms with Crippen LogP contribution in [0.2, 0.25) is 0 Å². The van der Waals surface area contributed by atoms with Crippen molar-refractivity contribution in [3.63, 3.8) is 0 Å². The van der Waals surface area contributed by atoms with Crippen LogP contribution in [0.4, 0.5) is 5.69 Å². The van der Waals surface area contributed by atoms with Gasteiger partial charge in [-0.15, -0.1) is 0 Å². The molecule has 0 aliphatic heterocycles. The quantitative estimate of drug-likeness (QED) is 0.493. The predicted octanol–water partition coefficient (Wildman–Crippen LogP) is 3.65.